The first-order valence-electron chi connectivity index (χ1n) is 7.83. The lowest BCUT2D eigenvalue weighted by molar-refractivity contribution is -0.387. The maximum atomic E-state index is 13.4. The highest BCUT2D eigenvalue weighted by atomic mass is 19.1. The number of benzene rings is 1. The maximum absolute atomic E-state index is 13.4. The zero-order chi connectivity index (χ0) is 15.5. The second kappa shape index (κ2) is 10.1. The van der Waals surface area contributed by atoms with Gasteiger partial charge in [-0.25, -0.2) is 0 Å². The van der Waals surface area contributed by atoms with Crippen molar-refractivity contribution in [3.63, 3.8) is 0 Å². The Kier molecular flexibility index (Phi) is 8.40. The SMILES string of the molecule is CCCCCCCCCCNc1ccc([N+](=O)[O-])c(F)c1. The summed E-state index contributed by atoms with van der Waals surface area (Å²) in [6.07, 6.45) is 9.96. The first-order valence-corrected chi connectivity index (χ1v) is 7.83. The molecule has 0 amide bonds. The molecule has 1 aromatic rings. The normalized spacial score (nSPS) is 10.6. The van der Waals surface area contributed by atoms with Gasteiger partial charge in [0.05, 0.1) is 4.92 Å². The van der Waals surface area contributed by atoms with E-state index in [1.807, 2.05) is 0 Å². The number of nitro groups is 1. The average molecular weight is 296 g/mol. The van der Waals surface area contributed by atoms with Gasteiger partial charge < -0.3 is 5.32 Å². The number of hydrogen-bond donors (Lipinski definition) is 1. The molecule has 0 saturated heterocycles. The van der Waals surface area contributed by atoms with Gasteiger partial charge in [0.25, 0.3) is 0 Å². The second-order valence-electron chi connectivity index (χ2n) is 5.32. The van der Waals surface area contributed by atoms with Gasteiger partial charge in [-0.1, -0.05) is 51.9 Å². The van der Waals surface area contributed by atoms with Gasteiger partial charge in [-0.2, -0.15) is 4.39 Å². The molecular weight excluding hydrogens is 271 g/mol. The van der Waals surface area contributed by atoms with E-state index in [0.717, 1.165) is 19.4 Å². The molecule has 0 bridgehead atoms. The minimum atomic E-state index is -0.791. The molecule has 0 saturated carbocycles. The van der Waals surface area contributed by atoms with Crippen molar-refractivity contribution in [3.8, 4) is 0 Å². The third kappa shape index (κ3) is 7.06. The van der Waals surface area contributed by atoms with Crippen molar-refractivity contribution < 1.29 is 9.31 Å². The summed E-state index contributed by atoms with van der Waals surface area (Å²) in [5, 5.41) is 13.6. The van der Waals surface area contributed by atoms with E-state index in [1.165, 1.54) is 50.7 Å². The average Bonchev–Trinajstić information content (AvgIpc) is 2.45. The largest absolute Gasteiger partial charge is 0.385 e. The van der Waals surface area contributed by atoms with E-state index < -0.39 is 16.4 Å². The number of nitrogens with one attached hydrogen (secondary N) is 1. The smallest absolute Gasteiger partial charge is 0.304 e. The van der Waals surface area contributed by atoms with Crippen LogP contribution in [0.1, 0.15) is 58.3 Å². The van der Waals surface area contributed by atoms with Crippen molar-refractivity contribution in [1.82, 2.24) is 0 Å². The number of nitro benzene ring substituents is 1. The molecule has 5 heteroatoms. The molecule has 21 heavy (non-hydrogen) atoms. The van der Waals surface area contributed by atoms with E-state index in [2.05, 4.69) is 12.2 Å². The van der Waals surface area contributed by atoms with Crippen molar-refractivity contribution in [1.29, 1.82) is 0 Å². The quantitative estimate of drug-likeness (QED) is 0.343. The predicted octanol–water partition coefficient (Wildman–Crippen LogP) is 5.29. The fourth-order valence-corrected chi connectivity index (χ4v) is 2.26. The molecule has 0 aliphatic rings. The Labute approximate surface area is 125 Å². The highest BCUT2D eigenvalue weighted by Gasteiger charge is 2.13. The Bertz CT molecular complexity index is 438. The van der Waals surface area contributed by atoms with Crippen molar-refractivity contribution in [2.75, 3.05) is 11.9 Å². The van der Waals surface area contributed by atoms with Crippen LogP contribution in [0.5, 0.6) is 0 Å². The molecule has 1 aromatic carbocycles. The molecule has 4 nitrogen and oxygen atoms in total. The molecule has 0 atom stereocenters. The molecule has 0 fully saturated rings. The Morgan fingerprint density at radius 2 is 1.71 bits per heavy atom. The topological polar surface area (TPSA) is 55.2 Å². The van der Waals surface area contributed by atoms with Gasteiger partial charge in [0.2, 0.25) is 5.82 Å². The highest BCUT2D eigenvalue weighted by molar-refractivity contribution is 5.49. The van der Waals surface area contributed by atoms with Crippen LogP contribution in [-0.4, -0.2) is 11.5 Å². The maximum Gasteiger partial charge on any atom is 0.304 e. The lowest BCUT2D eigenvalue weighted by Crippen LogP contribution is -2.02. The van der Waals surface area contributed by atoms with Crippen molar-refractivity contribution >= 4 is 11.4 Å². The third-order valence-corrected chi connectivity index (χ3v) is 3.50. The number of rotatable bonds is 11. The molecule has 0 heterocycles. The summed E-state index contributed by atoms with van der Waals surface area (Å²) in [6, 6.07) is 3.93. The number of unbranched alkanes of at least 4 members (excludes halogenated alkanes) is 7. The Hall–Kier alpha value is -1.65. The molecule has 0 spiro atoms. The fraction of sp³-hybridized carbons (Fsp3) is 0.625. The molecule has 1 N–H and O–H groups in total. The Morgan fingerprint density at radius 3 is 2.29 bits per heavy atom. The standard InChI is InChI=1S/C16H25FN2O2/c1-2-3-4-5-6-7-8-9-12-18-14-10-11-16(19(20)21)15(17)13-14/h10-11,13,18H,2-9,12H2,1H3. The molecular formula is C16H25FN2O2. The molecule has 118 valence electrons. The zero-order valence-corrected chi connectivity index (χ0v) is 12.7. The number of halogens is 1. The van der Waals surface area contributed by atoms with Gasteiger partial charge in [-0.3, -0.25) is 10.1 Å². The van der Waals surface area contributed by atoms with E-state index in [4.69, 9.17) is 0 Å². The lowest BCUT2D eigenvalue weighted by atomic mass is 10.1. The van der Waals surface area contributed by atoms with Crippen LogP contribution in [0.4, 0.5) is 15.8 Å². The molecule has 0 aliphatic carbocycles. The van der Waals surface area contributed by atoms with Crippen LogP contribution in [0.25, 0.3) is 0 Å². The van der Waals surface area contributed by atoms with E-state index in [0.29, 0.717) is 5.69 Å². The van der Waals surface area contributed by atoms with E-state index >= 15 is 0 Å². The third-order valence-electron chi connectivity index (χ3n) is 3.50. The number of hydrogen-bond acceptors (Lipinski definition) is 3. The van der Waals surface area contributed by atoms with Gasteiger partial charge in [0.1, 0.15) is 0 Å². The first-order chi connectivity index (χ1) is 10.1. The summed E-state index contributed by atoms with van der Waals surface area (Å²) in [5.74, 6) is -0.791. The molecule has 0 aliphatic heterocycles. The predicted molar refractivity (Wildman–Crippen MR) is 84.2 cm³/mol. The molecule has 0 aromatic heterocycles. The molecule has 1 rings (SSSR count). The lowest BCUT2D eigenvalue weighted by Gasteiger charge is -2.06. The second-order valence-corrected chi connectivity index (χ2v) is 5.32. The summed E-state index contributed by atoms with van der Waals surface area (Å²) >= 11 is 0. The monoisotopic (exact) mass is 296 g/mol. The summed E-state index contributed by atoms with van der Waals surface area (Å²) in [7, 11) is 0. The van der Waals surface area contributed by atoms with Crippen LogP contribution in [-0.2, 0) is 0 Å². The van der Waals surface area contributed by atoms with E-state index in [9.17, 15) is 14.5 Å². The van der Waals surface area contributed by atoms with Gasteiger partial charge in [-0.05, 0) is 12.5 Å². The van der Waals surface area contributed by atoms with Crippen LogP contribution in [0.15, 0.2) is 18.2 Å². The summed E-state index contributed by atoms with van der Waals surface area (Å²) in [5.41, 5.74) is 0.119. The van der Waals surface area contributed by atoms with Gasteiger partial charge >= 0.3 is 5.69 Å². The van der Waals surface area contributed by atoms with E-state index in [1.54, 1.807) is 6.07 Å². The van der Waals surface area contributed by atoms with Crippen molar-refractivity contribution in [2.24, 2.45) is 0 Å². The number of anilines is 1. The van der Waals surface area contributed by atoms with Crippen LogP contribution in [0.2, 0.25) is 0 Å². The van der Waals surface area contributed by atoms with Crippen molar-refractivity contribution in [2.45, 2.75) is 58.3 Å². The van der Waals surface area contributed by atoms with Crippen LogP contribution < -0.4 is 5.32 Å². The highest BCUT2D eigenvalue weighted by Crippen LogP contribution is 2.20. The van der Waals surface area contributed by atoms with Gasteiger partial charge in [0.15, 0.2) is 0 Å². The van der Waals surface area contributed by atoms with Crippen LogP contribution in [0.3, 0.4) is 0 Å². The summed E-state index contributed by atoms with van der Waals surface area (Å²) in [6.45, 7) is 2.99. The van der Waals surface area contributed by atoms with Gasteiger partial charge in [0, 0.05) is 24.4 Å². The molecule has 0 radical (unpaired) electrons. The minimum Gasteiger partial charge on any atom is -0.385 e. The Balaban J connectivity index is 2.13. The van der Waals surface area contributed by atoms with E-state index in [-0.39, 0.29) is 0 Å². The Morgan fingerprint density at radius 1 is 1.10 bits per heavy atom. The van der Waals surface area contributed by atoms with Crippen LogP contribution in [0, 0.1) is 15.9 Å². The fourth-order valence-electron chi connectivity index (χ4n) is 2.26. The minimum absolute atomic E-state index is 0.479. The molecule has 0 unspecified atom stereocenters. The van der Waals surface area contributed by atoms with Gasteiger partial charge in [-0.15, -0.1) is 0 Å². The number of nitrogens with zero attached hydrogens (tertiary/aromatic N) is 1. The zero-order valence-electron chi connectivity index (χ0n) is 12.7. The first kappa shape index (κ1) is 17.4. The summed E-state index contributed by atoms with van der Waals surface area (Å²) in [4.78, 5) is 9.79. The van der Waals surface area contributed by atoms with Crippen LogP contribution >= 0.6 is 0 Å². The van der Waals surface area contributed by atoms with Crippen molar-refractivity contribution in [3.05, 3.63) is 34.1 Å². The summed E-state index contributed by atoms with van der Waals surface area (Å²) < 4.78 is 13.4.